The van der Waals surface area contributed by atoms with Gasteiger partial charge in [-0.2, -0.15) is 10.5 Å². The molecule has 1 aromatic carbocycles. The van der Waals surface area contributed by atoms with Crippen molar-refractivity contribution < 1.29 is 0 Å². The Labute approximate surface area is 121 Å². The van der Waals surface area contributed by atoms with Crippen molar-refractivity contribution in [2.45, 2.75) is 19.8 Å². The van der Waals surface area contributed by atoms with Gasteiger partial charge in [0, 0.05) is 6.54 Å². The number of hydrogen-bond donors (Lipinski definition) is 1. The van der Waals surface area contributed by atoms with E-state index in [0.717, 1.165) is 12.8 Å². The summed E-state index contributed by atoms with van der Waals surface area (Å²) in [6.45, 7) is 2.71. The Morgan fingerprint density at radius 3 is 2.11 bits per heavy atom. The van der Waals surface area contributed by atoms with Gasteiger partial charge in [-0.15, -0.1) is 0 Å². The van der Waals surface area contributed by atoms with Crippen LogP contribution in [0, 0.1) is 22.7 Å². The zero-order chi connectivity index (χ0) is 13.7. The second-order valence-corrected chi connectivity index (χ2v) is 4.70. The summed E-state index contributed by atoms with van der Waals surface area (Å²) in [5.41, 5.74) is 0.571. The Morgan fingerprint density at radius 1 is 1.00 bits per heavy atom. The molecule has 0 aliphatic rings. The molecule has 1 aromatic rings. The minimum absolute atomic E-state index is 0.0286. The Hall–Kier alpha value is -1.13. The Bertz CT molecular complexity index is 541. The van der Waals surface area contributed by atoms with E-state index < -0.39 is 0 Å². The number of unbranched alkanes of at least 4 members (excludes halogenated alkanes) is 1. The van der Waals surface area contributed by atoms with E-state index in [1.54, 1.807) is 0 Å². The van der Waals surface area contributed by atoms with Crippen LogP contribution in [0.25, 0.3) is 0 Å². The number of halogens is 3. The van der Waals surface area contributed by atoms with E-state index in [4.69, 9.17) is 45.3 Å². The first-order valence-electron chi connectivity index (χ1n) is 5.32. The number of rotatable bonds is 4. The minimum atomic E-state index is 0.0286. The first kappa shape index (κ1) is 14.9. The second kappa shape index (κ2) is 6.71. The third-order valence-electron chi connectivity index (χ3n) is 2.38. The van der Waals surface area contributed by atoms with Gasteiger partial charge >= 0.3 is 0 Å². The van der Waals surface area contributed by atoms with Crippen LogP contribution in [-0.4, -0.2) is 6.54 Å². The van der Waals surface area contributed by atoms with E-state index in [-0.39, 0.29) is 26.2 Å². The van der Waals surface area contributed by atoms with Gasteiger partial charge < -0.3 is 5.32 Å². The lowest BCUT2D eigenvalue weighted by atomic mass is 10.1. The highest BCUT2D eigenvalue weighted by Crippen LogP contribution is 2.41. The van der Waals surface area contributed by atoms with Crippen LogP contribution in [0.5, 0.6) is 0 Å². The van der Waals surface area contributed by atoms with E-state index in [2.05, 4.69) is 5.32 Å². The maximum atomic E-state index is 9.11. The summed E-state index contributed by atoms with van der Waals surface area (Å²) < 4.78 is 0. The molecule has 0 saturated heterocycles. The zero-order valence-corrected chi connectivity index (χ0v) is 11.9. The first-order chi connectivity index (χ1) is 8.58. The van der Waals surface area contributed by atoms with Crippen molar-refractivity contribution in [1.29, 1.82) is 10.5 Å². The van der Waals surface area contributed by atoms with E-state index in [1.165, 1.54) is 0 Å². The van der Waals surface area contributed by atoms with Crippen molar-refractivity contribution in [2.75, 3.05) is 11.9 Å². The van der Waals surface area contributed by atoms with Gasteiger partial charge in [-0.05, 0) is 6.42 Å². The number of nitrogens with zero attached hydrogens (tertiary/aromatic N) is 2. The number of nitriles is 2. The maximum absolute atomic E-state index is 9.11. The molecule has 0 saturated carbocycles. The van der Waals surface area contributed by atoms with Crippen molar-refractivity contribution >= 4 is 40.5 Å². The molecule has 0 fully saturated rings. The average molecular weight is 303 g/mol. The molecule has 18 heavy (non-hydrogen) atoms. The van der Waals surface area contributed by atoms with Gasteiger partial charge in [0.25, 0.3) is 0 Å². The third-order valence-corrected chi connectivity index (χ3v) is 3.61. The highest BCUT2D eigenvalue weighted by Gasteiger charge is 2.20. The number of hydrogen-bond acceptors (Lipinski definition) is 3. The van der Waals surface area contributed by atoms with Crippen LogP contribution >= 0.6 is 34.8 Å². The molecule has 0 heterocycles. The number of anilines is 1. The van der Waals surface area contributed by atoms with Crippen LogP contribution < -0.4 is 5.32 Å². The third kappa shape index (κ3) is 2.82. The summed E-state index contributed by atoms with van der Waals surface area (Å²) in [5.74, 6) is 0. The first-order valence-corrected chi connectivity index (χ1v) is 6.46. The van der Waals surface area contributed by atoms with E-state index in [0.29, 0.717) is 12.2 Å². The highest BCUT2D eigenvalue weighted by atomic mass is 35.5. The van der Waals surface area contributed by atoms with Crippen molar-refractivity contribution in [3.05, 3.63) is 26.2 Å². The van der Waals surface area contributed by atoms with Gasteiger partial charge in [-0.1, -0.05) is 48.1 Å². The Balaban J connectivity index is 3.34. The second-order valence-electron chi connectivity index (χ2n) is 3.57. The zero-order valence-electron chi connectivity index (χ0n) is 9.65. The number of benzene rings is 1. The minimum Gasteiger partial charge on any atom is -0.383 e. The van der Waals surface area contributed by atoms with Crippen LogP contribution in [0.2, 0.25) is 15.1 Å². The van der Waals surface area contributed by atoms with Gasteiger partial charge in [0.2, 0.25) is 0 Å². The fraction of sp³-hybridized carbons (Fsp3) is 0.333. The summed E-state index contributed by atoms with van der Waals surface area (Å²) >= 11 is 18.0. The fourth-order valence-electron chi connectivity index (χ4n) is 1.42. The SMILES string of the molecule is CCCCNc1c(Cl)c(Cl)c(C#N)c(Cl)c1C#N. The van der Waals surface area contributed by atoms with Crippen LogP contribution in [0.15, 0.2) is 0 Å². The van der Waals surface area contributed by atoms with Crippen molar-refractivity contribution in [2.24, 2.45) is 0 Å². The Kier molecular flexibility index (Phi) is 5.56. The van der Waals surface area contributed by atoms with Crippen LogP contribution in [0.1, 0.15) is 30.9 Å². The van der Waals surface area contributed by atoms with Gasteiger partial charge in [0.05, 0.1) is 31.9 Å². The van der Waals surface area contributed by atoms with E-state index >= 15 is 0 Å². The predicted octanol–water partition coefficient (Wildman–Crippen LogP) is 4.60. The fourth-order valence-corrected chi connectivity index (χ4v) is 2.23. The molecule has 0 aromatic heterocycles. The number of nitrogens with one attached hydrogen (secondary N) is 1. The summed E-state index contributed by atoms with van der Waals surface area (Å²) in [4.78, 5) is 0. The standard InChI is InChI=1S/C12H10Cl3N3/c1-2-3-4-18-12-8(6-17)9(13)7(5-16)10(14)11(12)15/h18H,2-4H2,1H3. The lowest BCUT2D eigenvalue weighted by molar-refractivity contribution is 0.834. The molecular formula is C12H10Cl3N3. The lowest BCUT2D eigenvalue weighted by Gasteiger charge is -2.13. The highest BCUT2D eigenvalue weighted by molar-refractivity contribution is 6.46. The predicted molar refractivity (Wildman–Crippen MR) is 74.3 cm³/mol. The molecule has 0 bridgehead atoms. The lowest BCUT2D eigenvalue weighted by Crippen LogP contribution is -2.05. The summed E-state index contributed by atoms with van der Waals surface area (Å²) in [6, 6.07) is 3.79. The molecule has 0 spiro atoms. The smallest absolute Gasteiger partial charge is 0.103 e. The van der Waals surface area contributed by atoms with E-state index in [9.17, 15) is 0 Å². The van der Waals surface area contributed by atoms with Gasteiger partial charge in [-0.3, -0.25) is 0 Å². The van der Waals surface area contributed by atoms with E-state index in [1.807, 2.05) is 19.1 Å². The van der Waals surface area contributed by atoms with Crippen LogP contribution in [0.4, 0.5) is 5.69 Å². The quantitative estimate of drug-likeness (QED) is 0.653. The normalized spacial score (nSPS) is 9.67. The van der Waals surface area contributed by atoms with Crippen molar-refractivity contribution in [3.63, 3.8) is 0 Å². The largest absolute Gasteiger partial charge is 0.383 e. The van der Waals surface area contributed by atoms with Crippen molar-refractivity contribution in [3.8, 4) is 12.1 Å². The monoisotopic (exact) mass is 301 g/mol. The topological polar surface area (TPSA) is 59.6 Å². The molecule has 0 unspecified atom stereocenters. The molecular weight excluding hydrogens is 293 g/mol. The summed E-state index contributed by atoms with van der Waals surface area (Å²) in [6.07, 6.45) is 1.93. The maximum Gasteiger partial charge on any atom is 0.103 e. The summed E-state index contributed by atoms with van der Waals surface area (Å²) in [5, 5.41) is 21.3. The summed E-state index contributed by atoms with van der Waals surface area (Å²) in [7, 11) is 0. The molecule has 0 atom stereocenters. The van der Waals surface area contributed by atoms with Crippen molar-refractivity contribution in [1.82, 2.24) is 0 Å². The molecule has 0 amide bonds. The van der Waals surface area contributed by atoms with Gasteiger partial charge in [0.15, 0.2) is 0 Å². The Morgan fingerprint density at radius 2 is 1.61 bits per heavy atom. The molecule has 1 N–H and O–H groups in total. The molecule has 0 radical (unpaired) electrons. The van der Waals surface area contributed by atoms with Gasteiger partial charge in [0.1, 0.15) is 12.1 Å². The van der Waals surface area contributed by atoms with Crippen LogP contribution in [-0.2, 0) is 0 Å². The molecule has 3 nitrogen and oxygen atoms in total. The molecule has 6 heteroatoms. The molecule has 94 valence electrons. The van der Waals surface area contributed by atoms with Crippen LogP contribution in [0.3, 0.4) is 0 Å². The van der Waals surface area contributed by atoms with Gasteiger partial charge in [-0.25, -0.2) is 0 Å². The average Bonchev–Trinajstić information content (AvgIpc) is 2.36. The molecule has 0 aliphatic heterocycles. The molecule has 0 aliphatic carbocycles. The molecule has 1 rings (SSSR count).